The summed E-state index contributed by atoms with van der Waals surface area (Å²) in [7, 11) is -6.44. The Morgan fingerprint density at radius 3 is 1.80 bits per heavy atom. The Morgan fingerprint density at radius 2 is 1.44 bits per heavy atom. The predicted molar refractivity (Wildman–Crippen MR) is 77.7 cm³/mol. The lowest BCUT2D eigenvalue weighted by Crippen LogP contribution is -2.56. The molecule has 4 fully saturated rings. The fraction of sp³-hybridized carbons (Fsp3) is 0.933. The fourth-order valence-corrected chi connectivity index (χ4v) is 5.82. The van der Waals surface area contributed by atoms with Gasteiger partial charge in [-0.25, -0.2) is 0 Å². The van der Waals surface area contributed by atoms with Crippen molar-refractivity contribution in [1.82, 2.24) is 0 Å². The molecule has 4 bridgehead atoms. The molecule has 10 heteroatoms. The number of carbonyl (C=O) groups is 1. The molecule has 4 aliphatic rings. The summed E-state index contributed by atoms with van der Waals surface area (Å²) in [4.78, 5) is 12.6. The first-order valence-electron chi connectivity index (χ1n) is 8.22. The highest BCUT2D eigenvalue weighted by Crippen LogP contribution is 2.61. The van der Waals surface area contributed by atoms with Gasteiger partial charge in [0.15, 0.2) is 0 Å². The molecule has 0 aliphatic heterocycles. The number of aliphatic hydroxyl groups is 1. The van der Waals surface area contributed by atoms with Gasteiger partial charge in [0.05, 0.1) is 0 Å². The Hall–Kier alpha value is -0.740. The molecule has 0 spiro atoms. The van der Waals surface area contributed by atoms with Crippen LogP contribution in [0.25, 0.3) is 0 Å². The van der Waals surface area contributed by atoms with Crippen LogP contribution < -0.4 is 0 Å². The maximum atomic E-state index is 13.7. The van der Waals surface area contributed by atoms with E-state index in [0.29, 0.717) is 37.0 Å². The van der Waals surface area contributed by atoms with Crippen molar-refractivity contribution in [1.29, 1.82) is 0 Å². The molecule has 144 valence electrons. The average molecular weight is 388 g/mol. The second-order valence-electron chi connectivity index (χ2n) is 7.96. The van der Waals surface area contributed by atoms with E-state index in [1.807, 2.05) is 0 Å². The summed E-state index contributed by atoms with van der Waals surface area (Å²) in [5.41, 5.74) is -0.876. The summed E-state index contributed by atoms with van der Waals surface area (Å²) in [5, 5.41) is 3.65. The number of hydrogen-bond donors (Lipinski definition) is 2. The molecule has 4 saturated carbocycles. The molecule has 2 N–H and O–H groups in total. The van der Waals surface area contributed by atoms with Crippen molar-refractivity contribution in [2.24, 2.45) is 23.2 Å². The van der Waals surface area contributed by atoms with Crippen LogP contribution in [0.5, 0.6) is 0 Å². The van der Waals surface area contributed by atoms with E-state index in [4.69, 9.17) is 4.55 Å². The Balaban J connectivity index is 1.77. The third-order valence-electron chi connectivity index (χ3n) is 6.14. The summed E-state index contributed by atoms with van der Waals surface area (Å²) in [6.07, 6.45) is -0.000465. The maximum Gasteiger partial charge on any atom is 0.434 e. The average Bonchev–Trinajstić information content (AvgIpc) is 2.44. The second kappa shape index (κ2) is 5.63. The molecule has 0 aromatic carbocycles. The van der Waals surface area contributed by atoms with Gasteiger partial charge < -0.3 is 5.11 Å². The molecule has 5 nitrogen and oxygen atoms in total. The Kier molecular flexibility index (Phi) is 4.28. The van der Waals surface area contributed by atoms with E-state index in [1.54, 1.807) is 0 Å². The first kappa shape index (κ1) is 19.0. The molecule has 4 rings (SSSR count). The molecule has 0 saturated heterocycles. The van der Waals surface area contributed by atoms with Crippen molar-refractivity contribution in [3.63, 3.8) is 0 Å². The van der Waals surface area contributed by atoms with Crippen LogP contribution in [0.4, 0.5) is 17.6 Å². The van der Waals surface area contributed by atoms with E-state index < -0.39 is 45.0 Å². The summed E-state index contributed by atoms with van der Waals surface area (Å²) in [6.45, 7) is 0. The molecule has 0 heterocycles. The molecule has 4 aliphatic carbocycles. The number of halogens is 4. The van der Waals surface area contributed by atoms with Crippen molar-refractivity contribution >= 4 is 15.9 Å². The van der Waals surface area contributed by atoms with Crippen LogP contribution in [0.15, 0.2) is 0 Å². The molecule has 0 aromatic heterocycles. The number of hydrogen-bond acceptors (Lipinski definition) is 4. The van der Waals surface area contributed by atoms with Gasteiger partial charge in [-0.05, 0) is 56.3 Å². The van der Waals surface area contributed by atoms with Crippen LogP contribution in [0.2, 0.25) is 0 Å². The summed E-state index contributed by atoms with van der Waals surface area (Å²) < 4.78 is 83.5. The van der Waals surface area contributed by atoms with Gasteiger partial charge in [0.2, 0.25) is 0 Å². The third-order valence-corrected chi connectivity index (χ3v) is 7.06. The largest absolute Gasteiger partial charge is 0.434 e. The van der Waals surface area contributed by atoms with Gasteiger partial charge in [-0.15, -0.1) is 0 Å². The van der Waals surface area contributed by atoms with Crippen LogP contribution in [-0.4, -0.2) is 41.1 Å². The van der Waals surface area contributed by atoms with Crippen LogP contribution in [0.3, 0.4) is 0 Å². The minimum Gasteiger partial charge on any atom is -0.386 e. The summed E-state index contributed by atoms with van der Waals surface area (Å²) >= 11 is 0. The minimum absolute atomic E-state index is 0.312. The maximum absolute atomic E-state index is 13.7. The third kappa shape index (κ3) is 2.90. The number of alkyl halides is 4. The molecule has 0 aromatic rings. The highest BCUT2D eigenvalue weighted by atomic mass is 32.2. The SMILES string of the molecule is O=C(CC(O)C(F)(F)C(F)(F)S(=O)(=O)O)C12CC3CC(CC(C3)C1)C2. The van der Waals surface area contributed by atoms with Crippen molar-refractivity contribution < 1.29 is 40.4 Å². The van der Waals surface area contributed by atoms with Crippen LogP contribution in [0, 0.1) is 23.2 Å². The van der Waals surface area contributed by atoms with Gasteiger partial charge in [-0.1, -0.05) is 0 Å². The summed E-state index contributed by atoms with van der Waals surface area (Å²) in [6, 6.07) is 0. The molecular weight excluding hydrogens is 368 g/mol. The smallest absolute Gasteiger partial charge is 0.386 e. The van der Waals surface area contributed by atoms with Crippen molar-refractivity contribution in [2.75, 3.05) is 0 Å². The van der Waals surface area contributed by atoms with E-state index in [-0.39, 0.29) is 0 Å². The molecule has 25 heavy (non-hydrogen) atoms. The standard InChI is InChI=1S/C15H20F4O5S/c16-14(17,15(18,19)25(22,23)24)12(21)4-11(20)13-5-8-1-9(6-13)3-10(2-8)7-13/h8-10,12,21H,1-7H2,(H,22,23,24). The monoisotopic (exact) mass is 388 g/mol. The Labute approximate surface area is 142 Å². The fourth-order valence-electron chi connectivity index (χ4n) is 5.34. The van der Waals surface area contributed by atoms with Crippen molar-refractivity contribution in [2.45, 2.75) is 62.2 Å². The topological polar surface area (TPSA) is 91.7 Å². The van der Waals surface area contributed by atoms with E-state index >= 15 is 0 Å². The highest BCUT2D eigenvalue weighted by molar-refractivity contribution is 7.87. The van der Waals surface area contributed by atoms with Crippen molar-refractivity contribution in [3.8, 4) is 0 Å². The van der Waals surface area contributed by atoms with Crippen LogP contribution in [-0.2, 0) is 14.9 Å². The number of rotatable bonds is 6. The first-order chi connectivity index (χ1) is 11.3. The lowest BCUT2D eigenvalue weighted by molar-refractivity contribution is -0.217. The van der Waals surface area contributed by atoms with Crippen LogP contribution in [0.1, 0.15) is 44.9 Å². The van der Waals surface area contributed by atoms with E-state index in [0.717, 1.165) is 19.3 Å². The molecule has 0 radical (unpaired) electrons. The Morgan fingerprint density at radius 1 is 1.04 bits per heavy atom. The number of carbonyl (C=O) groups excluding carboxylic acids is 1. The zero-order chi connectivity index (χ0) is 18.8. The van der Waals surface area contributed by atoms with E-state index in [2.05, 4.69) is 0 Å². The highest BCUT2D eigenvalue weighted by Gasteiger charge is 2.69. The molecule has 0 amide bonds. The van der Waals surface area contributed by atoms with Gasteiger partial charge >= 0.3 is 21.3 Å². The normalized spacial score (nSPS) is 36.5. The minimum atomic E-state index is -6.44. The quantitative estimate of drug-likeness (QED) is 0.539. The predicted octanol–water partition coefficient (Wildman–Crippen LogP) is 2.64. The lowest BCUT2D eigenvalue weighted by atomic mass is 9.48. The van der Waals surface area contributed by atoms with Gasteiger partial charge in [-0.2, -0.15) is 26.0 Å². The molecule has 1 atom stereocenters. The molecular formula is C15H20F4O5S. The zero-order valence-corrected chi connectivity index (χ0v) is 14.1. The van der Waals surface area contributed by atoms with Gasteiger partial charge in [0.25, 0.3) is 0 Å². The second-order valence-corrected chi connectivity index (χ2v) is 9.42. The molecule has 1 unspecified atom stereocenters. The number of ketones is 1. The van der Waals surface area contributed by atoms with E-state index in [9.17, 15) is 35.9 Å². The van der Waals surface area contributed by atoms with Crippen LogP contribution >= 0.6 is 0 Å². The lowest BCUT2D eigenvalue weighted by Gasteiger charge is -2.56. The summed E-state index contributed by atoms with van der Waals surface area (Å²) in [5.74, 6) is -5.25. The zero-order valence-electron chi connectivity index (χ0n) is 13.3. The first-order valence-corrected chi connectivity index (χ1v) is 9.66. The Bertz CT molecular complexity index is 640. The van der Waals surface area contributed by atoms with Crippen molar-refractivity contribution in [3.05, 3.63) is 0 Å². The van der Waals surface area contributed by atoms with Gasteiger partial charge in [0.1, 0.15) is 11.9 Å². The number of aliphatic hydroxyl groups excluding tert-OH is 1. The van der Waals surface area contributed by atoms with Gasteiger partial charge in [-0.3, -0.25) is 9.35 Å². The van der Waals surface area contributed by atoms with Gasteiger partial charge in [0, 0.05) is 11.8 Å². The number of Topliss-reactive ketones (excluding diaryl/α,β-unsaturated/α-hetero) is 1. The van der Waals surface area contributed by atoms with E-state index in [1.165, 1.54) is 0 Å².